The minimum absolute atomic E-state index is 0.0329. The summed E-state index contributed by atoms with van der Waals surface area (Å²) in [6, 6.07) is 10.6. The summed E-state index contributed by atoms with van der Waals surface area (Å²) < 4.78 is 0. The molecule has 0 aliphatic rings. The minimum atomic E-state index is 0.0329. The van der Waals surface area contributed by atoms with Gasteiger partial charge in [0.15, 0.2) is 0 Å². The van der Waals surface area contributed by atoms with Crippen molar-refractivity contribution >= 4 is 0 Å². The van der Waals surface area contributed by atoms with Gasteiger partial charge in [-0.25, -0.2) is 0 Å². The Hall–Kier alpha value is -0.860. The number of hydrogen-bond acceptors (Lipinski definition) is 2. The first-order chi connectivity index (χ1) is 8.05. The molecule has 0 saturated carbocycles. The van der Waals surface area contributed by atoms with E-state index >= 15 is 0 Å². The molecule has 17 heavy (non-hydrogen) atoms. The Morgan fingerprint density at radius 1 is 1.24 bits per heavy atom. The summed E-state index contributed by atoms with van der Waals surface area (Å²) in [5.74, 6) is 0.577. The smallest absolute Gasteiger partial charge is 0.0448 e. The van der Waals surface area contributed by atoms with E-state index in [2.05, 4.69) is 56.4 Å². The highest BCUT2D eigenvalue weighted by atomic mass is 16.3. The van der Waals surface area contributed by atoms with Crippen LogP contribution in [0.2, 0.25) is 0 Å². The maximum absolute atomic E-state index is 8.95. The van der Waals surface area contributed by atoms with E-state index in [0.717, 1.165) is 19.4 Å². The first kappa shape index (κ1) is 14.2. The van der Waals surface area contributed by atoms with E-state index in [1.54, 1.807) is 0 Å². The minimum Gasteiger partial charge on any atom is -0.396 e. The summed E-state index contributed by atoms with van der Waals surface area (Å²) in [4.78, 5) is 0. The van der Waals surface area contributed by atoms with Crippen molar-refractivity contribution in [2.45, 2.75) is 45.1 Å². The van der Waals surface area contributed by atoms with E-state index in [1.165, 1.54) is 5.56 Å². The highest BCUT2D eigenvalue weighted by Crippen LogP contribution is 2.18. The van der Waals surface area contributed by atoms with Crippen molar-refractivity contribution in [3.05, 3.63) is 35.9 Å². The Balaban J connectivity index is 2.32. The van der Waals surface area contributed by atoms with Gasteiger partial charge in [0.25, 0.3) is 0 Å². The fraction of sp³-hybridized carbons (Fsp3) is 0.600. The van der Waals surface area contributed by atoms with Gasteiger partial charge in [0.2, 0.25) is 0 Å². The molecule has 0 aliphatic heterocycles. The lowest BCUT2D eigenvalue weighted by molar-refractivity contribution is 0.230. The largest absolute Gasteiger partial charge is 0.396 e. The van der Waals surface area contributed by atoms with Crippen LogP contribution in [0, 0.1) is 0 Å². The summed E-state index contributed by atoms with van der Waals surface area (Å²) in [6.07, 6.45) is 1.92. The lowest BCUT2D eigenvalue weighted by Gasteiger charge is -2.26. The van der Waals surface area contributed by atoms with Crippen LogP contribution in [-0.4, -0.2) is 23.8 Å². The van der Waals surface area contributed by atoms with Gasteiger partial charge in [0.05, 0.1) is 0 Å². The molecule has 1 unspecified atom stereocenters. The van der Waals surface area contributed by atoms with E-state index in [1.807, 2.05) is 0 Å². The fourth-order valence-corrected chi connectivity index (χ4v) is 1.94. The number of aliphatic hydroxyl groups is 1. The van der Waals surface area contributed by atoms with Crippen LogP contribution in [0.4, 0.5) is 0 Å². The average Bonchev–Trinajstić information content (AvgIpc) is 2.29. The summed E-state index contributed by atoms with van der Waals surface area (Å²) >= 11 is 0. The van der Waals surface area contributed by atoms with E-state index in [-0.39, 0.29) is 12.1 Å². The first-order valence-corrected chi connectivity index (χ1v) is 6.46. The van der Waals surface area contributed by atoms with Gasteiger partial charge >= 0.3 is 0 Å². The molecular formula is C15H25NO. The quantitative estimate of drug-likeness (QED) is 0.761. The zero-order valence-corrected chi connectivity index (χ0v) is 11.2. The van der Waals surface area contributed by atoms with E-state index in [0.29, 0.717) is 5.92 Å². The van der Waals surface area contributed by atoms with Crippen LogP contribution in [-0.2, 0) is 0 Å². The molecule has 0 fully saturated rings. The van der Waals surface area contributed by atoms with E-state index < -0.39 is 0 Å². The van der Waals surface area contributed by atoms with E-state index in [4.69, 9.17) is 5.11 Å². The van der Waals surface area contributed by atoms with Gasteiger partial charge in [-0.05, 0) is 44.7 Å². The predicted octanol–water partition coefficient (Wildman–Crippen LogP) is 2.93. The number of rotatable bonds is 7. The van der Waals surface area contributed by atoms with Crippen molar-refractivity contribution < 1.29 is 5.11 Å². The van der Waals surface area contributed by atoms with Gasteiger partial charge in [0, 0.05) is 12.1 Å². The van der Waals surface area contributed by atoms with Crippen molar-refractivity contribution in [2.75, 3.05) is 13.2 Å². The molecule has 0 radical (unpaired) electrons. The molecule has 0 aliphatic carbocycles. The maximum Gasteiger partial charge on any atom is 0.0448 e. The average molecular weight is 235 g/mol. The van der Waals surface area contributed by atoms with Crippen LogP contribution in [0.1, 0.15) is 45.1 Å². The van der Waals surface area contributed by atoms with Gasteiger partial charge in [-0.15, -0.1) is 0 Å². The van der Waals surface area contributed by atoms with Gasteiger partial charge in [0.1, 0.15) is 0 Å². The molecule has 0 bridgehead atoms. The monoisotopic (exact) mass is 235 g/mol. The Bertz CT molecular complexity index is 308. The summed E-state index contributed by atoms with van der Waals surface area (Å²) in [7, 11) is 0. The van der Waals surface area contributed by atoms with Gasteiger partial charge < -0.3 is 10.4 Å². The molecule has 1 aromatic carbocycles. The fourth-order valence-electron chi connectivity index (χ4n) is 1.94. The third-order valence-corrected chi connectivity index (χ3v) is 3.29. The van der Waals surface area contributed by atoms with Crippen LogP contribution >= 0.6 is 0 Å². The molecule has 0 heterocycles. The molecule has 0 spiro atoms. The van der Waals surface area contributed by atoms with Gasteiger partial charge in [-0.3, -0.25) is 0 Å². The zero-order chi connectivity index (χ0) is 12.7. The van der Waals surface area contributed by atoms with E-state index in [9.17, 15) is 0 Å². The number of hydrogen-bond donors (Lipinski definition) is 2. The number of nitrogens with one attached hydrogen (secondary N) is 1. The highest BCUT2D eigenvalue weighted by Gasteiger charge is 2.16. The Morgan fingerprint density at radius 2 is 1.88 bits per heavy atom. The molecule has 1 rings (SSSR count). The normalized spacial score (nSPS) is 13.6. The SMILES string of the molecule is CC(CCNC(C)(C)CCO)c1ccccc1. The molecule has 2 N–H and O–H groups in total. The molecule has 1 atom stereocenters. The van der Waals surface area contributed by atoms with Crippen molar-refractivity contribution in [1.29, 1.82) is 0 Å². The second-order valence-electron chi connectivity index (χ2n) is 5.38. The first-order valence-electron chi connectivity index (χ1n) is 6.46. The second-order valence-corrected chi connectivity index (χ2v) is 5.38. The van der Waals surface area contributed by atoms with Crippen molar-refractivity contribution in [2.24, 2.45) is 0 Å². The maximum atomic E-state index is 8.95. The third kappa shape index (κ3) is 5.33. The summed E-state index contributed by atoms with van der Waals surface area (Å²) in [5, 5.41) is 12.4. The molecule has 0 aromatic heterocycles. The lowest BCUT2D eigenvalue weighted by Crippen LogP contribution is -2.40. The van der Waals surface area contributed by atoms with Crippen LogP contribution in [0.5, 0.6) is 0 Å². The Morgan fingerprint density at radius 3 is 2.47 bits per heavy atom. The van der Waals surface area contributed by atoms with Crippen LogP contribution in [0.15, 0.2) is 30.3 Å². The molecule has 0 saturated heterocycles. The predicted molar refractivity (Wildman–Crippen MR) is 73.3 cm³/mol. The topological polar surface area (TPSA) is 32.3 Å². The van der Waals surface area contributed by atoms with Crippen LogP contribution in [0.25, 0.3) is 0 Å². The molecular weight excluding hydrogens is 210 g/mol. The molecule has 2 heteroatoms. The molecule has 2 nitrogen and oxygen atoms in total. The molecule has 96 valence electrons. The third-order valence-electron chi connectivity index (χ3n) is 3.29. The summed E-state index contributed by atoms with van der Waals surface area (Å²) in [6.45, 7) is 7.76. The van der Waals surface area contributed by atoms with Crippen LogP contribution in [0.3, 0.4) is 0 Å². The van der Waals surface area contributed by atoms with Gasteiger partial charge in [-0.2, -0.15) is 0 Å². The van der Waals surface area contributed by atoms with Crippen LogP contribution < -0.4 is 5.32 Å². The number of benzene rings is 1. The Labute approximate surface area is 105 Å². The second kappa shape index (κ2) is 6.77. The number of aliphatic hydroxyl groups excluding tert-OH is 1. The zero-order valence-electron chi connectivity index (χ0n) is 11.2. The molecule has 1 aromatic rings. The summed E-state index contributed by atoms with van der Waals surface area (Å²) in [5.41, 5.74) is 1.43. The molecule has 0 amide bonds. The van der Waals surface area contributed by atoms with Gasteiger partial charge in [-0.1, -0.05) is 37.3 Å². The lowest BCUT2D eigenvalue weighted by atomic mass is 9.96. The highest BCUT2D eigenvalue weighted by molar-refractivity contribution is 5.18. The Kier molecular flexibility index (Phi) is 5.66. The van der Waals surface area contributed by atoms with Crippen molar-refractivity contribution in [3.63, 3.8) is 0 Å². The van der Waals surface area contributed by atoms with Crippen molar-refractivity contribution in [1.82, 2.24) is 5.32 Å². The van der Waals surface area contributed by atoms with Crippen molar-refractivity contribution in [3.8, 4) is 0 Å². The standard InChI is InChI=1S/C15H25NO/c1-13(14-7-5-4-6-8-14)9-11-16-15(2,3)10-12-17/h4-8,13,16-17H,9-12H2,1-3H3.